The minimum atomic E-state index is -0.603. The number of hydrogen-bond donors (Lipinski definition) is 2. The van der Waals surface area contributed by atoms with Gasteiger partial charge in [0.05, 0.1) is 23.4 Å². The molecule has 8 heteroatoms. The molecule has 1 heterocycles. The summed E-state index contributed by atoms with van der Waals surface area (Å²) in [5, 5.41) is 5.32. The van der Waals surface area contributed by atoms with Crippen LogP contribution in [0.25, 0.3) is 6.08 Å². The Morgan fingerprint density at radius 3 is 2.55 bits per heavy atom. The van der Waals surface area contributed by atoms with Gasteiger partial charge in [0.25, 0.3) is 11.8 Å². The Labute approximate surface area is 194 Å². The number of carbonyl (C=O) groups excluding carboxylic acids is 3. The molecule has 0 atom stereocenters. The molecular weight excluding hydrogens is 447 g/mol. The number of fused-ring (bicyclic) bond motifs is 1. The van der Waals surface area contributed by atoms with Gasteiger partial charge in [0, 0.05) is 17.7 Å². The molecule has 0 radical (unpaired) electrons. The molecular formula is C25H18ClFN2O4. The summed E-state index contributed by atoms with van der Waals surface area (Å²) in [5.41, 5.74) is 1.92. The maximum Gasteiger partial charge on any atom is 0.259 e. The highest BCUT2D eigenvalue weighted by molar-refractivity contribution is 6.36. The molecule has 6 nitrogen and oxygen atoms in total. The molecule has 3 aromatic rings. The van der Waals surface area contributed by atoms with Crippen LogP contribution in [-0.4, -0.2) is 24.7 Å². The van der Waals surface area contributed by atoms with Crippen LogP contribution in [0.4, 0.5) is 10.1 Å². The molecule has 3 aromatic carbocycles. The lowest BCUT2D eigenvalue weighted by Gasteiger charge is -2.19. The number of Topliss-reactive ketones (excluding diaryl/α,β-unsaturated/α-hetero) is 1. The first-order valence-corrected chi connectivity index (χ1v) is 10.3. The highest BCUT2D eigenvalue weighted by atomic mass is 35.5. The van der Waals surface area contributed by atoms with Gasteiger partial charge in [0.15, 0.2) is 0 Å². The Bertz CT molecular complexity index is 1300. The second-order valence-corrected chi connectivity index (χ2v) is 7.71. The van der Waals surface area contributed by atoms with Crippen molar-refractivity contribution >= 4 is 41.0 Å². The molecule has 0 saturated carbocycles. The maximum absolute atomic E-state index is 13.4. The van der Waals surface area contributed by atoms with Crippen molar-refractivity contribution in [2.75, 3.05) is 12.4 Å². The lowest BCUT2D eigenvalue weighted by molar-refractivity contribution is -0.112. The van der Waals surface area contributed by atoms with Crippen LogP contribution in [0.1, 0.15) is 31.8 Å². The summed E-state index contributed by atoms with van der Waals surface area (Å²) in [6.45, 7) is 0.293. The number of ether oxygens (including phenoxy) is 1. The molecule has 0 fully saturated rings. The number of nitrogens with one attached hydrogen (secondary N) is 2. The van der Waals surface area contributed by atoms with Gasteiger partial charge in [0.1, 0.15) is 11.6 Å². The second kappa shape index (κ2) is 9.26. The quantitative estimate of drug-likeness (QED) is 0.425. The summed E-state index contributed by atoms with van der Waals surface area (Å²) in [5.74, 6) is -1.39. The zero-order valence-electron chi connectivity index (χ0n) is 17.4. The first kappa shape index (κ1) is 22.2. The van der Waals surface area contributed by atoms with Crippen molar-refractivity contribution in [2.24, 2.45) is 0 Å². The third kappa shape index (κ3) is 4.78. The van der Waals surface area contributed by atoms with Gasteiger partial charge in [-0.2, -0.15) is 0 Å². The average molecular weight is 465 g/mol. The zero-order chi connectivity index (χ0) is 23.5. The number of ketones is 1. The van der Waals surface area contributed by atoms with Crippen LogP contribution in [0.3, 0.4) is 0 Å². The van der Waals surface area contributed by atoms with Gasteiger partial charge >= 0.3 is 0 Å². The van der Waals surface area contributed by atoms with E-state index in [-0.39, 0.29) is 27.6 Å². The van der Waals surface area contributed by atoms with E-state index in [1.165, 1.54) is 36.4 Å². The van der Waals surface area contributed by atoms with Gasteiger partial charge in [-0.05, 0) is 59.7 Å². The summed E-state index contributed by atoms with van der Waals surface area (Å²) < 4.78 is 18.5. The van der Waals surface area contributed by atoms with E-state index in [1.807, 2.05) is 12.1 Å². The Hall–Kier alpha value is -3.97. The second-order valence-electron chi connectivity index (χ2n) is 7.31. The molecule has 0 aliphatic carbocycles. The van der Waals surface area contributed by atoms with E-state index in [0.29, 0.717) is 23.5 Å². The SMILES string of the molecule is COc1ccc(CNC(=O)c2ccc3c(c2)C(=O)/C(=C/c2ccc(F)c(Cl)c2)C(=O)N3)cc1. The molecule has 1 aliphatic heterocycles. The molecule has 166 valence electrons. The summed E-state index contributed by atoms with van der Waals surface area (Å²) in [6, 6.07) is 15.6. The van der Waals surface area contributed by atoms with Gasteiger partial charge in [-0.25, -0.2) is 4.39 Å². The van der Waals surface area contributed by atoms with Gasteiger partial charge in [0.2, 0.25) is 5.78 Å². The molecule has 1 aliphatic rings. The van der Waals surface area contributed by atoms with Crippen LogP contribution in [-0.2, 0) is 11.3 Å². The highest BCUT2D eigenvalue weighted by Crippen LogP contribution is 2.28. The first-order chi connectivity index (χ1) is 15.9. The van der Waals surface area contributed by atoms with Crippen molar-refractivity contribution in [3.8, 4) is 5.75 Å². The molecule has 4 rings (SSSR count). The molecule has 33 heavy (non-hydrogen) atoms. The largest absolute Gasteiger partial charge is 0.497 e. The lowest BCUT2D eigenvalue weighted by atomic mass is 9.93. The number of halogens is 2. The van der Waals surface area contributed by atoms with E-state index in [2.05, 4.69) is 10.6 Å². The van der Waals surface area contributed by atoms with Crippen LogP contribution in [0.15, 0.2) is 66.2 Å². The van der Waals surface area contributed by atoms with Gasteiger partial charge in [-0.3, -0.25) is 14.4 Å². The van der Waals surface area contributed by atoms with E-state index in [1.54, 1.807) is 19.2 Å². The maximum atomic E-state index is 13.4. The minimum Gasteiger partial charge on any atom is -0.497 e. The fraction of sp³-hybridized carbons (Fsp3) is 0.0800. The topological polar surface area (TPSA) is 84.5 Å². The van der Waals surface area contributed by atoms with Crippen molar-refractivity contribution in [1.29, 1.82) is 0 Å². The fourth-order valence-corrected chi connectivity index (χ4v) is 3.54. The van der Waals surface area contributed by atoms with Crippen LogP contribution in [0.2, 0.25) is 5.02 Å². The van der Waals surface area contributed by atoms with E-state index in [0.717, 1.165) is 11.6 Å². The van der Waals surface area contributed by atoms with Crippen LogP contribution in [0.5, 0.6) is 5.75 Å². The van der Waals surface area contributed by atoms with Crippen LogP contribution < -0.4 is 15.4 Å². The Morgan fingerprint density at radius 1 is 1.09 bits per heavy atom. The van der Waals surface area contributed by atoms with E-state index < -0.39 is 17.5 Å². The average Bonchev–Trinajstić information content (AvgIpc) is 2.82. The predicted molar refractivity (Wildman–Crippen MR) is 123 cm³/mol. The molecule has 2 amide bonds. The van der Waals surface area contributed by atoms with E-state index in [9.17, 15) is 18.8 Å². The van der Waals surface area contributed by atoms with Gasteiger partial charge < -0.3 is 15.4 Å². The van der Waals surface area contributed by atoms with Gasteiger partial charge in [-0.1, -0.05) is 29.8 Å². The Balaban J connectivity index is 1.55. The summed E-state index contributed by atoms with van der Waals surface area (Å²) in [6.07, 6.45) is 1.34. The number of hydrogen-bond acceptors (Lipinski definition) is 4. The van der Waals surface area contributed by atoms with E-state index in [4.69, 9.17) is 16.3 Å². The smallest absolute Gasteiger partial charge is 0.259 e. The number of amides is 2. The molecule has 0 saturated heterocycles. The first-order valence-electron chi connectivity index (χ1n) is 9.93. The third-order valence-corrected chi connectivity index (χ3v) is 5.42. The summed E-state index contributed by atoms with van der Waals surface area (Å²) in [7, 11) is 1.58. The van der Waals surface area contributed by atoms with Crippen molar-refractivity contribution in [2.45, 2.75) is 6.54 Å². The third-order valence-electron chi connectivity index (χ3n) is 5.13. The molecule has 0 unspecified atom stereocenters. The number of rotatable bonds is 5. The Kier molecular flexibility index (Phi) is 6.24. The molecule has 2 N–H and O–H groups in total. The molecule has 0 spiro atoms. The monoisotopic (exact) mass is 464 g/mol. The van der Waals surface area contributed by atoms with Crippen molar-refractivity contribution < 1.29 is 23.5 Å². The van der Waals surface area contributed by atoms with Crippen molar-refractivity contribution in [3.63, 3.8) is 0 Å². The van der Waals surface area contributed by atoms with Crippen molar-refractivity contribution in [1.82, 2.24) is 5.32 Å². The fourth-order valence-electron chi connectivity index (χ4n) is 3.35. The highest BCUT2D eigenvalue weighted by Gasteiger charge is 2.29. The zero-order valence-corrected chi connectivity index (χ0v) is 18.2. The van der Waals surface area contributed by atoms with E-state index >= 15 is 0 Å². The molecule has 0 bridgehead atoms. The standard InChI is InChI=1S/C25H18ClFN2O4/c1-33-17-6-2-14(3-7-17)13-28-24(31)16-5-9-22-18(12-16)23(30)19(25(32)29-22)10-15-4-8-21(27)20(26)11-15/h2-12H,13H2,1H3,(H,28,31)(H,29,32)/b19-10-. The number of benzene rings is 3. The van der Waals surface area contributed by atoms with Crippen LogP contribution >= 0.6 is 11.6 Å². The predicted octanol–water partition coefficient (Wildman–Crippen LogP) is 4.64. The number of carbonyl (C=O) groups is 3. The minimum absolute atomic E-state index is 0.121. The Morgan fingerprint density at radius 2 is 1.85 bits per heavy atom. The summed E-state index contributed by atoms with van der Waals surface area (Å²) >= 11 is 5.79. The molecule has 0 aromatic heterocycles. The van der Waals surface area contributed by atoms with Crippen molar-refractivity contribution in [3.05, 3.63) is 99.3 Å². The summed E-state index contributed by atoms with van der Waals surface area (Å²) in [4.78, 5) is 38.1. The lowest BCUT2D eigenvalue weighted by Crippen LogP contribution is -2.28. The van der Waals surface area contributed by atoms with Gasteiger partial charge in [-0.15, -0.1) is 0 Å². The number of anilines is 1. The number of methoxy groups -OCH3 is 1. The van der Waals surface area contributed by atoms with Crippen LogP contribution in [0, 0.1) is 5.82 Å². The normalized spacial score (nSPS) is 14.0.